The third-order valence-electron chi connectivity index (χ3n) is 2.17. The molecule has 0 amide bonds. The summed E-state index contributed by atoms with van der Waals surface area (Å²) in [5.74, 6) is 0. The van der Waals surface area contributed by atoms with E-state index < -0.39 is 12.6 Å². The Labute approximate surface area is 98.2 Å². The number of aryl methyl sites for hydroxylation is 1. The number of hydrogen-bond donors (Lipinski definition) is 1. The molecule has 0 unspecified atom stereocenters. The number of rotatable bonds is 7. The minimum atomic E-state index is -4.09. The van der Waals surface area contributed by atoms with Crippen molar-refractivity contribution in [1.82, 2.24) is 20.3 Å². The van der Waals surface area contributed by atoms with Crippen LogP contribution in [-0.4, -0.2) is 27.7 Å². The van der Waals surface area contributed by atoms with E-state index in [4.69, 9.17) is 0 Å². The summed E-state index contributed by atoms with van der Waals surface area (Å²) in [5, 5.41) is 10.8. The lowest BCUT2D eigenvalue weighted by Gasteiger charge is -2.04. The van der Waals surface area contributed by atoms with Crippen LogP contribution >= 0.6 is 0 Å². The van der Waals surface area contributed by atoms with E-state index in [-0.39, 0.29) is 13.0 Å². The molecule has 1 N–H and O–H groups in total. The van der Waals surface area contributed by atoms with Gasteiger partial charge in [-0.05, 0) is 19.4 Å². The number of hydrogen-bond acceptors (Lipinski definition) is 3. The van der Waals surface area contributed by atoms with Gasteiger partial charge >= 0.3 is 6.18 Å². The Morgan fingerprint density at radius 2 is 2.18 bits per heavy atom. The van der Waals surface area contributed by atoms with Crippen LogP contribution in [-0.2, 0) is 13.1 Å². The van der Waals surface area contributed by atoms with Crippen molar-refractivity contribution in [3.63, 3.8) is 0 Å². The molecule has 1 aromatic rings. The largest absolute Gasteiger partial charge is 0.389 e. The predicted molar refractivity (Wildman–Crippen MR) is 57.3 cm³/mol. The van der Waals surface area contributed by atoms with E-state index >= 15 is 0 Å². The smallest absolute Gasteiger partial charge is 0.311 e. The van der Waals surface area contributed by atoms with E-state index in [1.807, 2.05) is 0 Å². The van der Waals surface area contributed by atoms with Crippen LogP contribution in [0.5, 0.6) is 0 Å². The van der Waals surface area contributed by atoms with Crippen LogP contribution in [0.1, 0.15) is 31.9 Å². The first-order valence-corrected chi connectivity index (χ1v) is 5.67. The number of aromatic nitrogens is 3. The van der Waals surface area contributed by atoms with Crippen LogP contribution in [0.3, 0.4) is 0 Å². The Morgan fingerprint density at radius 3 is 2.82 bits per heavy atom. The Kier molecular flexibility index (Phi) is 5.40. The predicted octanol–water partition coefficient (Wildman–Crippen LogP) is 2.12. The Morgan fingerprint density at radius 1 is 1.41 bits per heavy atom. The van der Waals surface area contributed by atoms with Gasteiger partial charge < -0.3 is 5.32 Å². The summed E-state index contributed by atoms with van der Waals surface area (Å²) in [5.41, 5.74) is 0.755. The summed E-state index contributed by atoms with van der Waals surface area (Å²) in [4.78, 5) is 0. The van der Waals surface area contributed by atoms with Gasteiger partial charge in [0, 0.05) is 25.7 Å². The lowest BCUT2D eigenvalue weighted by atomic mass is 10.3. The topological polar surface area (TPSA) is 42.7 Å². The highest BCUT2D eigenvalue weighted by molar-refractivity contribution is 4.91. The second-order valence-electron chi connectivity index (χ2n) is 3.87. The first-order chi connectivity index (χ1) is 8.01. The van der Waals surface area contributed by atoms with E-state index in [2.05, 4.69) is 22.6 Å². The van der Waals surface area contributed by atoms with Crippen LogP contribution in [0.25, 0.3) is 0 Å². The quantitative estimate of drug-likeness (QED) is 0.754. The van der Waals surface area contributed by atoms with E-state index in [0.717, 1.165) is 18.7 Å². The van der Waals surface area contributed by atoms with Crippen LogP contribution in [0.2, 0.25) is 0 Å². The average molecular weight is 250 g/mol. The third-order valence-corrected chi connectivity index (χ3v) is 2.17. The maximum atomic E-state index is 11.9. The van der Waals surface area contributed by atoms with Gasteiger partial charge in [-0.1, -0.05) is 12.1 Å². The van der Waals surface area contributed by atoms with Gasteiger partial charge in [-0.25, -0.2) is 0 Å². The van der Waals surface area contributed by atoms with Gasteiger partial charge in [0.05, 0.1) is 5.69 Å². The fourth-order valence-electron chi connectivity index (χ4n) is 1.36. The lowest BCUT2D eigenvalue weighted by molar-refractivity contribution is -0.136. The standard InChI is InChI=1S/C10H17F3N4/c1-2-5-14-7-9-8-17(16-15-9)6-3-4-10(11,12)13/h8,14H,2-7H2,1H3. The third kappa shape index (κ3) is 6.25. The van der Waals surface area contributed by atoms with Gasteiger partial charge in [0.15, 0.2) is 0 Å². The monoisotopic (exact) mass is 250 g/mol. The van der Waals surface area contributed by atoms with Crippen LogP contribution < -0.4 is 5.32 Å². The van der Waals surface area contributed by atoms with Gasteiger partial charge in [0.1, 0.15) is 0 Å². The van der Waals surface area contributed by atoms with Gasteiger partial charge in [-0.2, -0.15) is 13.2 Å². The van der Waals surface area contributed by atoms with Crippen LogP contribution in [0.4, 0.5) is 13.2 Å². The summed E-state index contributed by atoms with van der Waals surface area (Å²) in [7, 11) is 0. The van der Waals surface area contributed by atoms with E-state index in [0.29, 0.717) is 6.54 Å². The molecular formula is C10H17F3N4. The SMILES string of the molecule is CCCNCc1cn(CCCC(F)(F)F)nn1. The molecule has 0 saturated heterocycles. The average Bonchev–Trinajstić information content (AvgIpc) is 2.64. The van der Waals surface area contributed by atoms with Crippen LogP contribution in [0.15, 0.2) is 6.20 Å². The molecule has 0 aliphatic heterocycles. The molecule has 1 aromatic heterocycles. The lowest BCUT2D eigenvalue weighted by Crippen LogP contribution is -2.14. The molecule has 0 aliphatic rings. The molecule has 4 nitrogen and oxygen atoms in total. The van der Waals surface area contributed by atoms with Crippen molar-refractivity contribution in [3.8, 4) is 0 Å². The highest BCUT2D eigenvalue weighted by Crippen LogP contribution is 2.21. The molecular weight excluding hydrogens is 233 g/mol. The second-order valence-corrected chi connectivity index (χ2v) is 3.87. The second kappa shape index (κ2) is 6.58. The van der Waals surface area contributed by atoms with Crippen LogP contribution in [0, 0.1) is 0 Å². The molecule has 0 saturated carbocycles. The van der Waals surface area contributed by atoms with Crippen molar-refractivity contribution in [2.75, 3.05) is 6.54 Å². The Bertz CT molecular complexity index is 322. The molecule has 7 heteroatoms. The van der Waals surface area contributed by atoms with Crippen molar-refractivity contribution in [2.45, 2.75) is 45.5 Å². The van der Waals surface area contributed by atoms with Gasteiger partial charge in [0.25, 0.3) is 0 Å². The molecule has 0 atom stereocenters. The Hall–Kier alpha value is -1.11. The molecule has 1 heterocycles. The summed E-state index contributed by atoms with van der Waals surface area (Å²) in [6.45, 7) is 3.80. The van der Waals surface area contributed by atoms with Crippen molar-refractivity contribution >= 4 is 0 Å². The van der Waals surface area contributed by atoms with Gasteiger partial charge in [0.2, 0.25) is 0 Å². The first kappa shape index (κ1) is 14.0. The zero-order chi connectivity index (χ0) is 12.7. The number of alkyl halides is 3. The summed E-state index contributed by atoms with van der Waals surface area (Å²) in [6.07, 6.45) is -2.13. The molecule has 0 aromatic carbocycles. The highest BCUT2D eigenvalue weighted by Gasteiger charge is 2.26. The molecule has 0 fully saturated rings. The zero-order valence-corrected chi connectivity index (χ0v) is 9.80. The molecule has 0 spiro atoms. The maximum Gasteiger partial charge on any atom is 0.389 e. The fraction of sp³-hybridized carbons (Fsp3) is 0.800. The van der Waals surface area contributed by atoms with Gasteiger partial charge in [-0.15, -0.1) is 5.10 Å². The maximum absolute atomic E-state index is 11.9. The molecule has 1 rings (SSSR count). The number of nitrogens with zero attached hydrogens (tertiary/aromatic N) is 3. The van der Waals surface area contributed by atoms with Crippen molar-refractivity contribution < 1.29 is 13.2 Å². The minimum Gasteiger partial charge on any atom is -0.311 e. The van der Waals surface area contributed by atoms with Crippen molar-refractivity contribution in [2.24, 2.45) is 0 Å². The van der Waals surface area contributed by atoms with Crippen molar-refractivity contribution in [1.29, 1.82) is 0 Å². The molecule has 0 aliphatic carbocycles. The summed E-state index contributed by atoms with van der Waals surface area (Å²) >= 11 is 0. The van der Waals surface area contributed by atoms with E-state index in [9.17, 15) is 13.2 Å². The zero-order valence-electron chi connectivity index (χ0n) is 9.80. The van der Waals surface area contributed by atoms with Gasteiger partial charge in [-0.3, -0.25) is 4.68 Å². The fourth-order valence-corrected chi connectivity index (χ4v) is 1.36. The van der Waals surface area contributed by atoms with E-state index in [1.54, 1.807) is 6.20 Å². The van der Waals surface area contributed by atoms with E-state index in [1.165, 1.54) is 4.68 Å². The summed E-state index contributed by atoms with van der Waals surface area (Å²) in [6, 6.07) is 0. The first-order valence-electron chi connectivity index (χ1n) is 5.67. The highest BCUT2D eigenvalue weighted by atomic mass is 19.4. The molecule has 0 radical (unpaired) electrons. The molecule has 17 heavy (non-hydrogen) atoms. The number of nitrogens with one attached hydrogen (secondary N) is 1. The normalized spacial score (nSPS) is 12.0. The number of halogens is 3. The minimum absolute atomic E-state index is 0.0364. The molecule has 0 bridgehead atoms. The Balaban J connectivity index is 2.26. The summed E-state index contributed by atoms with van der Waals surface area (Å²) < 4.78 is 37.2. The molecule has 98 valence electrons. The van der Waals surface area contributed by atoms with Crippen molar-refractivity contribution in [3.05, 3.63) is 11.9 Å².